The van der Waals surface area contributed by atoms with Crippen molar-refractivity contribution in [1.29, 1.82) is 0 Å². The molecule has 1 aliphatic heterocycles. The average Bonchev–Trinajstić information content (AvgIpc) is 3.07. The third-order valence-electron chi connectivity index (χ3n) is 5.05. The summed E-state index contributed by atoms with van der Waals surface area (Å²) < 4.78 is 8.81. The molecule has 1 aromatic carbocycles. The largest absolute Gasteiger partial charge is 0.496 e. The Morgan fingerprint density at radius 3 is 2.93 bits per heavy atom. The molecule has 0 saturated carbocycles. The molecule has 0 atom stereocenters. The minimum atomic E-state index is 0.0190. The van der Waals surface area contributed by atoms with E-state index < -0.39 is 0 Å². The van der Waals surface area contributed by atoms with Crippen molar-refractivity contribution in [3.63, 3.8) is 0 Å². The van der Waals surface area contributed by atoms with Crippen molar-refractivity contribution in [3.8, 4) is 5.75 Å². The number of nitrogens with zero attached hydrogens (tertiary/aromatic N) is 4. The van der Waals surface area contributed by atoms with Crippen LogP contribution >= 0.6 is 0 Å². The van der Waals surface area contributed by atoms with Gasteiger partial charge in [-0.15, -0.1) is 0 Å². The molecule has 0 aliphatic carbocycles. The van der Waals surface area contributed by atoms with Gasteiger partial charge in [0, 0.05) is 39.1 Å². The number of aliphatic imine (C=N–C) groups is 1. The number of aryl methyl sites for hydroxylation is 2. The van der Waals surface area contributed by atoms with Crippen molar-refractivity contribution in [2.45, 2.75) is 52.1 Å². The lowest BCUT2D eigenvalue weighted by atomic mass is 10.1. The Kier molecular flexibility index (Phi) is 7.72. The van der Waals surface area contributed by atoms with E-state index >= 15 is 0 Å². The van der Waals surface area contributed by atoms with Gasteiger partial charge in [-0.2, -0.15) is 5.10 Å². The minimum Gasteiger partial charge on any atom is -0.496 e. The molecule has 8 heteroatoms. The van der Waals surface area contributed by atoms with Crippen LogP contribution in [0.5, 0.6) is 5.75 Å². The summed E-state index contributed by atoms with van der Waals surface area (Å²) in [6.07, 6.45) is 4.72. The molecule has 2 N–H and O–H groups in total. The van der Waals surface area contributed by atoms with Gasteiger partial charge in [0.2, 0.25) is 0 Å². The second-order valence-electron chi connectivity index (χ2n) is 7.13. The quantitative estimate of drug-likeness (QED) is 0.379. The molecule has 2 heterocycles. The van der Waals surface area contributed by atoms with Crippen LogP contribution in [-0.2, 0) is 25.9 Å². The Morgan fingerprint density at radius 1 is 1.28 bits per heavy atom. The van der Waals surface area contributed by atoms with Crippen LogP contribution in [0.3, 0.4) is 0 Å². The first-order chi connectivity index (χ1) is 14.2. The highest BCUT2D eigenvalue weighted by molar-refractivity contribution is 5.79. The lowest BCUT2D eigenvalue weighted by Crippen LogP contribution is -2.38. The van der Waals surface area contributed by atoms with Crippen molar-refractivity contribution in [2.75, 3.05) is 26.7 Å². The summed E-state index contributed by atoms with van der Waals surface area (Å²) in [4.78, 5) is 17.0. The predicted molar refractivity (Wildman–Crippen MR) is 115 cm³/mol. The fourth-order valence-electron chi connectivity index (χ4n) is 3.57. The molecule has 1 aromatic heterocycles. The molecule has 8 nitrogen and oxygen atoms in total. The Labute approximate surface area is 172 Å². The number of nitrogens with one attached hydrogen (secondary N) is 2. The third kappa shape index (κ3) is 5.62. The number of methoxy groups -OCH3 is 1. The van der Waals surface area contributed by atoms with Gasteiger partial charge in [-0.05, 0) is 44.2 Å². The summed E-state index contributed by atoms with van der Waals surface area (Å²) in [5.74, 6) is 2.62. The SMILES string of the molecule is CCNC(=NCCCn1nc2n(c1=O)CCCC2)NCCc1ccccc1OC. The minimum absolute atomic E-state index is 0.0190. The molecular formula is C21H32N6O2. The standard InChI is InChI=1S/C21H32N6O2/c1-3-22-20(24-14-12-17-9-4-5-10-18(17)29-2)23-13-8-16-27-21(28)26-15-7-6-11-19(26)25-27/h4-5,9-10H,3,6-8,11-16H2,1-2H3,(H2,22,23,24). The summed E-state index contributed by atoms with van der Waals surface area (Å²) in [6.45, 7) is 5.65. The number of hydrogen-bond acceptors (Lipinski definition) is 4. The van der Waals surface area contributed by atoms with Gasteiger partial charge in [0.15, 0.2) is 5.96 Å². The van der Waals surface area contributed by atoms with E-state index in [2.05, 4.69) is 26.8 Å². The first-order valence-corrected chi connectivity index (χ1v) is 10.5. The molecule has 0 bridgehead atoms. The third-order valence-corrected chi connectivity index (χ3v) is 5.05. The molecule has 0 amide bonds. The maximum Gasteiger partial charge on any atom is 0.345 e. The molecule has 158 valence electrons. The summed E-state index contributed by atoms with van der Waals surface area (Å²) in [6, 6.07) is 8.05. The summed E-state index contributed by atoms with van der Waals surface area (Å²) in [7, 11) is 1.69. The normalized spacial score (nSPS) is 13.8. The highest BCUT2D eigenvalue weighted by atomic mass is 16.5. The first kappa shape index (κ1) is 21.0. The number of aromatic nitrogens is 3. The smallest absolute Gasteiger partial charge is 0.345 e. The Morgan fingerprint density at radius 2 is 2.14 bits per heavy atom. The van der Waals surface area contributed by atoms with Gasteiger partial charge in [0.25, 0.3) is 0 Å². The van der Waals surface area contributed by atoms with E-state index in [1.54, 1.807) is 11.8 Å². The number of rotatable bonds is 9. The molecule has 0 saturated heterocycles. The second-order valence-corrected chi connectivity index (χ2v) is 7.13. The fourth-order valence-corrected chi connectivity index (χ4v) is 3.57. The molecule has 1 aliphatic rings. The van der Waals surface area contributed by atoms with Gasteiger partial charge in [-0.3, -0.25) is 9.56 Å². The molecule has 0 unspecified atom stereocenters. The van der Waals surface area contributed by atoms with Gasteiger partial charge >= 0.3 is 5.69 Å². The van der Waals surface area contributed by atoms with E-state index in [-0.39, 0.29) is 5.69 Å². The van der Waals surface area contributed by atoms with Crippen molar-refractivity contribution >= 4 is 5.96 Å². The summed E-state index contributed by atoms with van der Waals surface area (Å²) in [5.41, 5.74) is 1.19. The lowest BCUT2D eigenvalue weighted by molar-refractivity contribution is 0.409. The van der Waals surface area contributed by atoms with E-state index in [4.69, 9.17) is 4.74 Å². The van der Waals surface area contributed by atoms with Crippen molar-refractivity contribution in [1.82, 2.24) is 25.0 Å². The highest BCUT2D eigenvalue weighted by Gasteiger charge is 2.16. The van der Waals surface area contributed by atoms with Crippen molar-refractivity contribution in [3.05, 3.63) is 46.1 Å². The van der Waals surface area contributed by atoms with Crippen LogP contribution in [0.2, 0.25) is 0 Å². The number of ether oxygens (including phenoxy) is 1. The van der Waals surface area contributed by atoms with Crippen molar-refractivity contribution < 1.29 is 4.74 Å². The van der Waals surface area contributed by atoms with Crippen LogP contribution in [0, 0.1) is 0 Å². The molecule has 29 heavy (non-hydrogen) atoms. The molecular weight excluding hydrogens is 368 g/mol. The number of benzene rings is 1. The maximum absolute atomic E-state index is 12.4. The molecule has 2 aromatic rings. The monoisotopic (exact) mass is 400 g/mol. The molecule has 0 fully saturated rings. The van der Waals surface area contributed by atoms with Gasteiger partial charge in [0.05, 0.1) is 7.11 Å². The van der Waals surface area contributed by atoms with Crippen LogP contribution in [0.15, 0.2) is 34.1 Å². The van der Waals surface area contributed by atoms with Crippen LogP contribution in [0.4, 0.5) is 0 Å². The van der Waals surface area contributed by atoms with Crippen LogP contribution < -0.4 is 21.1 Å². The van der Waals surface area contributed by atoms with E-state index in [0.717, 1.165) is 69.3 Å². The first-order valence-electron chi connectivity index (χ1n) is 10.5. The van der Waals surface area contributed by atoms with Gasteiger partial charge in [-0.25, -0.2) is 9.48 Å². The van der Waals surface area contributed by atoms with Gasteiger partial charge in [0.1, 0.15) is 11.6 Å². The zero-order valence-electron chi connectivity index (χ0n) is 17.5. The summed E-state index contributed by atoms with van der Waals surface area (Å²) >= 11 is 0. The maximum atomic E-state index is 12.4. The highest BCUT2D eigenvalue weighted by Crippen LogP contribution is 2.17. The van der Waals surface area contributed by atoms with Crippen LogP contribution in [0.1, 0.15) is 37.6 Å². The topological polar surface area (TPSA) is 85.5 Å². The lowest BCUT2D eigenvalue weighted by Gasteiger charge is -2.12. The number of guanidine groups is 1. The molecule has 3 rings (SSSR count). The fraction of sp³-hybridized carbons (Fsp3) is 0.571. The van der Waals surface area contributed by atoms with E-state index in [9.17, 15) is 4.79 Å². The molecule has 0 spiro atoms. The van der Waals surface area contributed by atoms with E-state index in [1.165, 1.54) is 5.56 Å². The summed E-state index contributed by atoms with van der Waals surface area (Å²) in [5, 5.41) is 11.1. The second kappa shape index (κ2) is 10.7. The average molecular weight is 401 g/mol. The number of hydrogen-bond donors (Lipinski definition) is 2. The van der Waals surface area contributed by atoms with Gasteiger partial charge < -0.3 is 15.4 Å². The van der Waals surface area contributed by atoms with Crippen LogP contribution in [-0.4, -0.2) is 47.1 Å². The Balaban J connectivity index is 1.48. The number of para-hydroxylation sites is 1. The van der Waals surface area contributed by atoms with E-state index in [1.807, 2.05) is 29.7 Å². The zero-order valence-corrected chi connectivity index (χ0v) is 17.5. The zero-order chi connectivity index (χ0) is 20.5. The Hall–Kier alpha value is -2.77. The van der Waals surface area contributed by atoms with Gasteiger partial charge in [-0.1, -0.05) is 18.2 Å². The van der Waals surface area contributed by atoms with Crippen molar-refractivity contribution in [2.24, 2.45) is 4.99 Å². The Bertz CT molecular complexity index is 870. The van der Waals surface area contributed by atoms with E-state index in [0.29, 0.717) is 13.1 Å². The number of fused-ring (bicyclic) bond motifs is 1. The molecule has 0 radical (unpaired) electrons. The predicted octanol–water partition coefficient (Wildman–Crippen LogP) is 1.58. The van der Waals surface area contributed by atoms with Crippen LogP contribution in [0.25, 0.3) is 0 Å².